The molecular formula is C6H12Na2O6S4. The minimum atomic E-state index is -4.19. The van der Waals surface area contributed by atoms with Crippen LogP contribution in [-0.4, -0.2) is 91.0 Å². The summed E-state index contributed by atoms with van der Waals surface area (Å²) in [6, 6.07) is 0. The van der Waals surface area contributed by atoms with Gasteiger partial charge < -0.3 is 0 Å². The maximum atomic E-state index is 11.1. The van der Waals surface area contributed by atoms with Crippen molar-refractivity contribution in [1.82, 2.24) is 0 Å². The van der Waals surface area contributed by atoms with Crippen LogP contribution in [0.1, 0.15) is 12.8 Å². The van der Waals surface area contributed by atoms with Gasteiger partial charge in [0.1, 0.15) is 0 Å². The van der Waals surface area contributed by atoms with Crippen molar-refractivity contribution in [3.8, 4) is 0 Å². The average molecular weight is 354 g/mol. The molecule has 0 rings (SSSR count). The van der Waals surface area contributed by atoms with E-state index >= 15 is 0 Å². The summed E-state index contributed by atoms with van der Waals surface area (Å²) in [7, 11) is -6.76. The summed E-state index contributed by atoms with van der Waals surface area (Å²) in [5.74, 6) is 0. The molecule has 0 radical (unpaired) electrons. The van der Waals surface area contributed by atoms with E-state index in [1.165, 1.54) is 0 Å². The molecule has 0 heterocycles. The maximum absolute atomic E-state index is 11.1. The summed E-state index contributed by atoms with van der Waals surface area (Å²) in [5.41, 5.74) is 0. The fraction of sp³-hybridized carbons (Fsp3) is 1.00. The third-order valence-electron chi connectivity index (χ3n) is 1.98. The molecule has 0 aromatic carbocycles. The van der Waals surface area contributed by atoms with E-state index in [1.54, 1.807) is 0 Å². The summed E-state index contributed by atoms with van der Waals surface area (Å²) in [4.78, 5) is 0. The average Bonchev–Trinajstić information content (AvgIpc) is 2.18. The van der Waals surface area contributed by atoms with Crippen LogP contribution in [0.4, 0.5) is 0 Å². The second-order valence-electron chi connectivity index (χ2n) is 3.66. The molecule has 0 aromatic heterocycles. The van der Waals surface area contributed by atoms with E-state index < -0.39 is 29.4 Å². The Hall–Kier alpha value is 2.52. The Labute approximate surface area is 151 Å². The van der Waals surface area contributed by atoms with Gasteiger partial charge in [-0.15, -0.1) is 0 Å². The molecule has 18 heavy (non-hydrogen) atoms. The minimum absolute atomic E-state index is 0.293. The van der Waals surface area contributed by atoms with Gasteiger partial charge in [-0.3, -0.25) is 0 Å². The molecule has 2 unspecified atom stereocenters. The van der Waals surface area contributed by atoms with Crippen LogP contribution in [0, 0.1) is 0 Å². The van der Waals surface area contributed by atoms with E-state index in [-0.39, 0.29) is 0 Å². The van der Waals surface area contributed by atoms with E-state index in [1.807, 2.05) is 0 Å². The number of hydrogen-bond acceptors (Lipinski definition) is 6. The van der Waals surface area contributed by atoms with Crippen LogP contribution in [-0.2, 0) is 20.2 Å². The van der Waals surface area contributed by atoms with Gasteiger partial charge in [-0.2, -0.15) is 0 Å². The Morgan fingerprint density at radius 2 is 1.11 bits per heavy atom. The molecule has 2 N–H and O–H groups in total. The molecular weight excluding hydrogens is 342 g/mol. The first kappa shape index (κ1) is 20.5. The van der Waals surface area contributed by atoms with Crippen LogP contribution in [0.2, 0.25) is 7.34 Å². The van der Waals surface area contributed by atoms with Crippen molar-refractivity contribution in [3.05, 3.63) is 0 Å². The van der Waals surface area contributed by atoms with Gasteiger partial charge in [0.05, 0.1) is 0 Å². The molecule has 0 aliphatic heterocycles. The molecule has 0 aliphatic carbocycles. The summed E-state index contributed by atoms with van der Waals surface area (Å²) >= 11 is 1.61. The van der Waals surface area contributed by atoms with Gasteiger partial charge in [0.2, 0.25) is 0 Å². The summed E-state index contributed by atoms with van der Waals surface area (Å²) in [6.45, 7) is 0. The molecule has 98 valence electrons. The molecule has 12 heteroatoms. The third kappa shape index (κ3) is 8.73. The van der Waals surface area contributed by atoms with Gasteiger partial charge in [-0.05, 0) is 0 Å². The van der Waals surface area contributed by atoms with Crippen molar-refractivity contribution in [2.24, 2.45) is 0 Å². The van der Waals surface area contributed by atoms with Crippen molar-refractivity contribution in [2.75, 3.05) is 0 Å². The Morgan fingerprint density at radius 3 is 1.28 bits per heavy atom. The van der Waals surface area contributed by atoms with E-state index in [2.05, 4.69) is 0 Å². The van der Waals surface area contributed by atoms with Crippen molar-refractivity contribution < 1.29 is 25.9 Å². The van der Waals surface area contributed by atoms with E-state index in [9.17, 15) is 16.8 Å². The Morgan fingerprint density at radius 1 is 0.833 bits per heavy atom. The Bertz CT molecular complexity index is 393. The second-order valence-corrected chi connectivity index (χ2v) is 12.1. The van der Waals surface area contributed by atoms with Gasteiger partial charge in [0.15, 0.2) is 0 Å². The second kappa shape index (κ2) is 9.52. The SMILES string of the molecule is O=S(=O)(O)C(C[CH2][Na])SSC(C[CH2][Na])S(=O)(=O)O. The molecule has 6 nitrogen and oxygen atoms in total. The summed E-state index contributed by atoms with van der Waals surface area (Å²) < 4.78 is 61.6. The van der Waals surface area contributed by atoms with Gasteiger partial charge in [0, 0.05) is 0 Å². The monoisotopic (exact) mass is 354 g/mol. The van der Waals surface area contributed by atoms with E-state index in [0.29, 0.717) is 20.2 Å². The van der Waals surface area contributed by atoms with Crippen LogP contribution in [0.3, 0.4) is 0 Å². The van der Waals surface area contributed by atoms with Crippen molar-refractivity contribution in [3.63, 3.8) is 0 Å². The molecule has 0 amide bonds. The Balaban J connectivity index is 4.67. The van der Waals surface area contributed by atoms with Crippen LogP contribution in [0.15, 0.2) is 0 Å². The van der Waals surface area contributed by atoms with E-state index in [0.717, 1.165) is 77.4 Å². The fourth-order valence-electron chi connectivity index (χ4n) is 1.09. The molecule has 0 saturated carbocycles. The topological polar surface area (TPSA) is 109 Å². The zero-order chi connectivity index (χ0) is 14.4. The molecule has 0 aromatic rings. The quantitative estimate of drug-likeness (QED) is 0.355. The zero-order valence-corrected chi connectivity index (χ0v) is 17.4. The normalized spacial score (nSPS) is 16.6. The fourth-order valence-corrected chi connectivity index (χ4v) is 10.6. The van der Waals surface area contributed by atoms with Gasteiger partial charge >= 0.3 is 153 Å². The third-order valence-corrected chi connectivity index (χ3v) is 10.4. The predicted molar refractivity (Wildman–Crippen MR) is 76.2 cm³/mol. The van der Waals surface area contributed by atoms with Crippen LogP contribution >= 0.6 is 21.6 Å². The molecule has 0 saturated heterocycles. The predicted octanol–water partition coefficient (Wildman–Crippen LogP) is 0.749. The van der Waals surface area contributed by atoms with E-state index in [4.69, 9.17) is 9.11 Å². The molecule has 0 bridgehead atoms. The van der Waals surface area contributed by atoms with Gasteiger partial charge in [-0.1, -0.05) is 0 Å². The van der Waals surface area contributed by atoms with Crippen molar-refractivity contribution in [2.45, 2.75) is 29.3 Å². The first-order chi connectivity index (χ1) is 8.12. The molecule has 0 fully saturated rings. The number of rotatable bonds is 9. The standard InChI is InChI=1S/C6H12O6S4.2Na/c1-3-5(15(7,8)9)13-14-6(4-2)16(10,11)12;;/h5-6H,1-4H2,(H,7,8,9)(H,10,11,12);;. The van der Waals surface area contributed by atoms with Crippen LogP contribution < -0.4 is 0 Å². The van der Waals surface area contributed by atoms with Crippen molar-refractivity contribution >= 4 is 97.7 Å². The Kier molecular flexibility index (Phi) is 10.9. The molecule has 0 spiro atoms. The van der Waals surface area contributed by atoms with Crippen LogP contribution in [0.25, 0.3) is 0 Å². The van der Waals surface area contributed by atoms with Crippen LogP contribution in [0.5, 0.6) is 0 Å². The first-order valence-corrected chi connectivity index (χ1v) is 13.5. The van der Waals surface area contributed by atoms with Crippen molar-refractivity contribution in [1.29, 1.82) is 0 Å². The summed E-state index contributed by atoms with van der Waals surface area (Å²) in [6.07, 6.45) is 0.587. The zero-order valence-electron chi connectivity index (χ0n) is 10.1. The summed E-state index contributed by atoms with van der Waals surface area (Å²) in [5, 5.41) is 0. The molecule has 2 atom stereocenters. The van der Waals surface area contributed by atoms with Gasteiger partial charge in [0.25, 0.3) is 0 Å². The number of hydrogen-bond donors (Lipinski definition) is 2. The van der Waals surface area contributed by atoms with Gasteiger partial charge in [-0.25, -0.2) is 0 Å². The molecule has 0 aliphatic rings. The first-order valence-electron chi connectivity index (χ1n) is 5.37.